The number of H-pyrrole nitrogens is 1. The Bertz CT molecular complexity index is 503. The van der Waals surface area contributed by atoms with Crippen LogP contribution >= 0.6 is 0 Å². The molecule has 0 amide bonds. The van der Waals surface area contributed by atoms with E-state index in [-0.39, 0.29) is 0 Å². The fraction of sp³-hybridized carbons (Fsp3) is 0.400. The fourth-order valence-corrected chi connectivity index (χ4v) is 1.84. The highest BCUT2D eigenvalue weighted by atomic mass is 16.5. The Morgan fingerprint density at radius 3 is 2.78 bits per heavy atom. The van der Waals surface area contributed by atoms with Crippen molar-refractivity contribution in [2.75, 3.05) is 6.61 Å². The molecule has 1 heterocycles. The molecule has 0 saturated carbocycles. The van der Waals surface area contributed by atoms with Crippen molar-refractivity contribution in [2.45, 2.75) is 33.1 Å². The molecule has 0 fully saturated rings. The normalized spacial score (nSPS) is 10.9. The molecule has 1 aromatic carbocycles. The molecule has 3 heteroatoms. The lowest BCUT2D eigenvalue weighted by Gasteiger charge is -2.09. The standard InChI is InChI=1S/C15H20N2O/c1-11(2)13-5-4-6-15(10-13)18-8-7-14-9-12(3)16-17-14/h4-6,9-11H,7-8H2,1-3H3,(H,16,17). The van der Waals surface area contributed by atoms with Crippen LogP contribution in [0.15, 0.2) is 30.3 Å². The third kappa shape index (κ3) is 3.36. The van der Waals surface area contributed by atoms with Crippen molar-refractivity contribution in [1.29, 1.82) is 0 Å². The zero-order valence-corrected chi connectivity index (χ0v) is 11.2. The number of aromatic nitrogens is 2. The van der Waals surface area contributed by atoms with Crippen LogP contribution in [-0.2, 0) is 6.42 Å². The van der Waals surface area contributed by atoms with E-state index in [4.69, 9.17) is 4.74 Å². The smallest absolute Gasteiger partial charge is 0.119 e. The highest BCUT2D eigenvalue weighted by Crippen LogP contribution is 2.20. The van der Waals surface area contributed by atoms with Gasteiger partial charge < -0.3 is 4.74 Å². The molecule has 3 nitrogen and oxygen atoms in total. The first-order chi connectivity index (χ1) is 8.65. The first kappa shape index (κ1) is 12.7. The van der Waals surface area contributed by atoms with Gasteiger partial charge in [0.1, 0.15) is 5.75 Å². The third-order valence-corrected chi connectivity index (χ3v) is 2.91. The predicted molar refractivity (Wildman–Crippen MR) is 73.1 cm³/mol. The Kier molecular flexibility index (Phi) is 4.03. The topological polar surface area (TPSA) is 37.9 Å². The highest BCUT2D eigenvalue weighted by molar-refractivity contribution is 5.30. The van der Waals surface area contributed by atoms with Gasteiger partial charge in [-0.05, 0) is 36.6 Å². The molecular formula is C15H20N2O. The number of hydrogen-bond donors (Lipinski definition) is 1. The van der Waals surface area contributed by atoms with Crippen LogP contribution in [0.4, 0.5) is 0 Å². The molecule has 96 valence electrons. The Morgan fingerprint density at radius 1 is 1.28 bits per heavy atom. The Hall–Kier alpha value is -1.77. The lowest BCUT2D eigenvalue weighted by atomic mass is 10.0. The maximum Gasteiger partial charge on any atom is 0.119 e. The van der Waals surface area contributed by atoms with Gasteiger partial charge in [-0.1, -0.05) is 26.0 Å². The average molecular weight is 244 g/mol. The molecule has 0 radical (unpaired) electrons. The number of aryl methyl sites for hydroxylation is 1. The molecule has 0 saturated heterocycles. The number of benzene rings is 1. The third-order valence-electron chi connectivity index (χ3n) is 2.91. The number of ether oxygens (including phenoxy) is 1. The van der Waals surface area contributed by atoms with E-state index in [9.17, 15) is 0 Å². The van der Waals surface area contributed by atoms with Crippen LogP contribution in [0.25, 0.3) is 0 Å². The van der Waals surface area contributed by atoms with E-state index in [0.29, 0.717) is 12.5 Å². The second-order valence-electron chi connectivity index (χ2n) is 4.87. The van der Waals surface area contributed by atoms with Gasteiger partial charge in [-0.15, -0.1) is 0 Å². The summed E-state index contributed by atoms with van der Waals surface area (Å²) in [6.07, 6.45) is 0.830. The molecule has 18 heavy (non-hydrogen) atoms. The molecule has 0 aliphatic carbocycles. The van der Waals surface area contributed by atoms with Gasteiger partial charge in [-0.3, -0.25) is 5.10 Å². The van der Waals surface area contributed by atoms with E-state index < -0.39 is 0 Å². The van der Waals surface area contributed by atoms with E-state index in [1.54, 1.807) is 0 Å². The maximum atomic E-state index is 5.76. The van der Waals surface area contributed by atoms with Crippen LogP contribution in [0.1, 0.15) is 36.7 Å². The maximum absolute atomic E-state index is 5.76. The minimum Gasteiger partial charge on any atom is -0.493 e. The molecule has 2 rings (SSSR count). The summed E-state index contributed by atoms with van der Waals surface area (Å²) in [6, 6.07) is 10.3. The van der Waals surface area contributed by atoms with E-state index in [0.717, 1.165) is 23.6 Å². The predicted octanol–water partition coefficient (Wildman–Crippen LogP) is 3.46. The molecule has 0 unspecified atom stereocenters. The van der Waals surface area contributed by atoms with Crippen LogP contribution in [0.2, 0.25) is 0 Å². The number of hydrogen-bond acceptors (Lipinski definition) is 2. The summed E-state index contributed by atoms with van der Waals surface area (Å²) in [6.45, 7) is 7.03. The molecule has 0 aliphatic heterocycles. The number of rotatable bonds is 5. The van der Waals surface area contributed by atoms with Gasteiger partial charge in [0.15, 0.2) is 0 Å². The van der Waals surface area contributed by atoms with Gasteiger partial charge in [0.05, 0.1) is 12.3 Å². The van der Waals surface area contributed by atoms with Gasteiger partial charge in [-0.25, -0.2) is 0 Å². The zero-order chi connectivity index (χ0) is 13.0. The molecule has 0 spiro atoms. The van der Waals surface area contributed by atoms with E-state index in [1.807, 2.05) is 25.1 Å². The second kappa shape index (κ2) is 5.71. The van der Waals surface area contributed by atoms with Gasteiger partial charge in [-0.2, -0.15) is 5.10 Å². The summed E-state index contributed by atoms with van der Waals surface area (Å²) in [5.41, 5.74) is 3.45. The summed E-state index contributed by atoms with van der Waals surface area (Å²) in [5.74, 6) is 1.47. The van der Waals surface area contributed by atoms with E-state index >= 15 is 0 Å². The summed E-state index contributed by atoms with van der Waals surface area (Å²) in [5, 5.41) is 7.12. The lowest BCUT2D eigenvalue weighted by Crippen LogP contribution is -2.02. The largest absolute Gasteiger partial charge is 0.493 e. The van der Waals surface area contributed by atoms with Gasteiger partial charge in [0.2, 0.25) is 0 Å². The molecule has 1 N–H and O–H groups in total. The summed E-state index contributed by atoms with van der Waals surface area (Å²) >= 11 is 0. The van der Waals surface area contributed by atoms with Crippen molar-refractivity contribution in [3.8, 4) is 5.75 Å². The minimum atomic E-state index is 0.530. The Balaban J connectivity index is 1.88. The molecule has 0 bridgehead atoms. The number of nitrogens with zero attached hydrogens (tertiary/aromatic N) is 1. The van der Waals surface area contributed by atoms with E-state index in [2.05, 4.69) is 36.2 Å². The average Bonchev–Trinajstić information content (AvgIpc) is 2.75. The SMILES string of the molecule is Cc1cc(CCOc2cccc(C(C)C)c2)n[nH]1. The molecule has 1 aromatic heterocycles. The second-order valence-corrected chi connectivity index (χ2v) is 4.87. The van der Waals surface area contributed by atoms with Gasteiger partial charge in [0.25, 0.3) is 0 Å². The van der Waals surface area contributed by atoms with Crippen molar-refractivity contribution < 1.29 is 4.74 Å². The van der Waals surface area contributed by atoms with Crippen LogP contribution in [0.5, 0.6) is 5.75 Å². The van der Waals surface area contributed by atoms with Crippen molar-refractivity contribution >= 4 is 0 Å². The van der Waals surface area contributed by atoms with Crippen LogP contribution in [-0.4, -0.2) is 16.8 Å². The summed E-state index contributed by atoms with van der Waals surface area (Å²) < 4.78 is 5.76. The van der Waals surface area contributed by atoms with Crippen LogP contribution < -0.4 is 4.74 Å². The molecule has 2 aromatic rings. The highest BCUT2D eigenvalue weighted by Gasteiger charge is 2.02. The summed E-state index contributed by atoms with van der Waals surface area (Å²) in [4.78, 5) is 0. The molecular weight excluding hydrogens is 224 g/mol. The lowest BCUT2D eigenvalue weighted by molar-refractivity contribution is 0.320. The van der Waals surface area contributed by atoms with Crippen LogP contribution in [0, 0.1) is 6.92 Å². The molecule has 0 aliphatic rings. The quantitative estimate of drug-likeness (QED) is 0.874. The first-order valence-electron chi connectivity index (χ1n) is 6.39. The fourth-order valence-electron chi connectivity index (χ4n) is 1.84. The Labute approximate surface area is 108 Å². The zero-order valence-electron chi connectivity index (χ0n) is 11.2. The van der Waals surface area contributed by atoms with Crippen LogP contribution in [0.3, 0.4) is 0 Å². The minimum absolute atomic E-state index is 0.530. The summed E-state index contributed by atoms with van der Waals surface area (Å²) in [7, 11) is 0. The monoisotopic (exact) mass is 244 g/mol. The van der Waals surface area contributed by atoms with Crippen molar-refractivity contribution in [1.82, 2.24) is 10.2 Å². The number of nitrogens with one attached hydrogen (secondary N) is 1. The van der Waals surface area contributed by atoms with Gasteiger partial charge >= 0.3 is 0 Å². The molecule has 0 atom stereocenters. The van der Waals surface area contributed by atoms with Gasteiger partial charge in [0, 0.05) is 12.1 Å². The number of aromatic amines is 1. The van der Waals surface area contributed by atoms with Crippen molar-refractivity contribution in [3.05, 3.63) is 47.3 Å². The first-order valence-corrected chi connectivity index (χ1v) is 6.39. The van der Waals surface area contributed by atoms with E-state index in [1.165, 1.54) is 5.56 Å². The van der Waals surface area contributed by atoms with Crippen molar-refractivity contribution in [2.24, 2.45) is 0 Å². The van der Waals surface area contributed by atoms with Crippen molar-refractivity contribution in [3.63, 3.8) is 0 Å². The Morgan fingerprint density at radius 2 is 2.11 bits per heavy atom.